The summed E-state index contributed by atoms with van der Waals surface area (Å²) in [6.07, 6.45) is 0.994. The lowest BCUT2D eigenvalue weighted by Gasteiger charge is -2.64. The summed E-state index contributed by atoms with van der Waals surface area (Å²) < 4.78 is 0. The number of amides is 1. The number of likely N-dealkylation sites (tertiary alicyclic amines) is 1. The van der Waals surface area contributed by atoms with Crippen LogP contribution in [0.25, 0.3) is 0 Å². The Kier molecular flexibility index (Phi) is 8.62. The molecule has 2 unspecified atom stereocenters. The lowest BCUT2D eigenvalue weighted by molar-refractivity contribution is -0.181. The fourth-order valence-electron chi connectivity index (χ4n) is 8.61. The lowest BCUT2D eigenvalue weighted by atomic mass is 9.41. The number of phenolic OH excluding ortho intramolecular Hbond substituents is 1. The zero-order chi connectivity index (χ0) is 35.0. The summed E-state index contributed by atoms with van der Waals surface area (Å²) in [4.78, 5) is 74.7. The highest BCUT2D eigenvalue weighted by Gasteiger charge is 2.83. The average molecular weight is 653 g/mol. The largest absolute Gasteiger partial charge is 0.505 e. The maximum Gasteiger partial charge on any atom is 0.235 e. The van der Waals surface area contributed by atoms with Crippen LogP contribution >= 0.6 is 0 Å². The SMILES string of the molecule is CCCCN(c1ccc2c(c1O)C(=O)C1C(=O)[C@]3(C#N)C(=O)C(C(N)=O)C(=O)[C@@H](N(C)C)[C@]3(N)[C@@H](O)[C@]1(N)[C@H]2N)C1CCN(C)CC1. The lowest BCUT2D eigenvalue weighted by Crippen LogP contribution is -2.92. The number of phenols is 1. The Morgan fingerprint density at radius 2 is 1.74 bits per heavy atom. The minimum absolute atomic E-state index is 0.0265. The predicted octanol–water partition coefficient (Wildman–Crippen LogP) is -2.06. The van der Waals surface area contributed by atoms with Crippen LogP contribution < -0.4 is 27.8 Å². The number of ketones is 4. The number of unbranched alkanes of at least 4 members (excludes halogenated alkanes) is 1. The van der Waals surface area contributed by atoms with Gasteiger partial charge < -0.3 is 42.9 Å². The van der Waals surface area contributed by atoms with E-state index >= 15 is 0 Å². The Balaban J connectivity index is 1.73. The molecule has 1 amide bonds. The highest BCUT2D eigenvalue weighted by atomic mass is 16.3. The van der Waals surface area contributed by atoms with Crippen LogP contribution in [0.5, 0.6) is 5.75 Å². The number of hydrogen-bond acceptors (Lipinski definition) is 14. The fourth-order valence-corrected chi connectivity index (χ4v) is 8.61. The molecule has 0 aromatic heterocycles. The number of rotatable bonds is 7. The molecule has 1 heterocycles. The van der Waals surface area contributed by atoms with Crippen molar-refractivity contribution < 1.29 is 34.2 Å². The van der Waals surface area contributed by atoms with Crippen molar-refractivity contribution in [2.45, 2.75) is 67.9 Å². The summed E-state index contributed by atoms with van der Waals surface area (Å²) in [7, 11) is 4.71. The van der Waals surface area contributed by atoms with Crippen molar-refractivity contribution in [3.63, 3.8) is 0 Å². The Morgan fingerprint density at radius 3 is 2.28 bits per heavy atom. The summed E-state index contributed by atoms with van der Waals surface area (Å²) in [6, 6.07) is 1.47. The van der Waals surface area contributed by atoms with Crippen molar-refractivity contribution in [3.05, 3.63) is 23.3 Å². The van der Waals surface area contributed by atoms with Gasteiger partial charge in [-0.05, 0) is 65.1 Å². The molecule has 1 aromatic carbocycles. The molecule has 0 bridgehead atoms. The van der Waals surface area contributed by atoms with E-state index in [4.69, 9.17) is 22.9 Å². The van der Waals surface area contributed by atoms with Gasteiger partial charge in [-0.25, -0.2) is 0 Å². The van der Waals surface area contributed by atoms with Crippen LogP contribution in [-0.4, -0.2) is 119 Å². The van der Waals surface area contributed by atoms with E-state index in [9.17, 15) is 39.4 Å². The van der Waals surface area contributed by atoms with Gasteiger partial charge in [0.05, 0.1) is 46.6 Å². The van der Waals surface area contributed by atoms with Gasteiger partial charge in [0, 0.05) is 12.6 Å². The number of primary amides is 1. The van der Waals surface area contributed by atoms with Crippen LogP contribution in [0, 0.1) is 28.6 Å². The standard InChI is InChI=1S/C32H44N8O7/c1-5-6-11-40(15-9-12-39(4)13-10-15)17-8-7-16-18(21(17)41)22(42)20-27(45)30(14-33)26(44)19(28(35)46)23(43)25(38(2)3)32(30,37)29(47)31(20,36)24(16)34/h7-8,15,19-20,24-25,29,41,47H,5-6,9-13,34,36-37H2,1-4H3,(H2,35,46)/t19?,20?,24-,25+,29-,30-,31+,32-/m0/s1. The summed E-state index contributed by atoms with van der Waals surface area (Å²) in [5, 5.41) is 34.5. The molecule has 254 valence electrons. The van der Waals surface area contributed by atoms with Gasteiger partial charge in [0.25, 0.3) is 0 Å². The van der Waals surface area contributed by atoms with E-state index in [0.717, 1.165) is 43.7 Å². The normalized spacial score (nSPS) is 36.0. The Bertz CT molecular complexity index is 1590. The van der Waals surface area contributed by atoms with E-state index in [2.05, 4.69) is 4.90 Å². The Labute approximate surface area is 272 Å². The van der Waals surface area contributed by atoms with Crippen molar-refractivity contribution in [1.29, 1.82) is 5.26 Å². The number of carbonyl (C=O) groups is 5. The number of nitrogens with zero attached hydrogens (tertiary/aromatic N) is 4. The molecule has 1 aliphatic heterocycles. The molecule has 3 fully saturated rings. The molecule has 15 heteroatoms. The first-order valence-electron chi connectivity index (χ1n) is 15.9. The van der Waals surface area contributed by atoms with Gasteiger partial charge in [-0.1, -0.05) is 19.4 Å². The number of likely N-dealkylation sites (N-methyl/N-ethyl adjacent to an activating group) is 1. The van der Waals surface area contributed by atoms with Crippen LogP contribution in [0.15, 0.2) is 12.1 Å². The smallest absolute Gasteiger partial charge is 0.235 e. The highest BCUT2D eigenvalue weighted by molar-refractivity contribution is 6.33. The van der Waals surface area contributed by atoms with Gasteiger partial charge in [-0.3, -0.25) is 28.9 Å². The van der Waals surface area contributed by atoms with Crippen LogP contribution in [0.2, 0.25) is 0 Å². The molecule has 1 aromatic rings. The summed E-state index contributed by atoms with van der Waals surface area (Å²) in [6.45, 7) is 4.28. The topological polar surface area (TPSA) is 263 Å². The van der Waals surface area contributed by atoms with E-state index in [1.165, 1.54) is 20.2 Å². The minimum atomic E-state index is -3.11. The molecule has 0 spiro atoms. The second-order valence-corrected chi connectivity index (χ2v) is 13.8. The summed E-state index contributed by atoms with van der Waals surface area (Å²) in [5.41, 5.74) is 17.5. The second kappa shape index (κ2) is 11.7. The maximum atomic E-state index is 14.7. The predicted molar refractivity (Wildman–Crippen MR) is 169 cm³/mol. The first-order valence-corrected chi connectivity index (χ1v) is 15.9. The number of Topliss-reactive ketones (excluding diaryl/α,β-unsaturated/α-hetero) is 4. The van der Waals surface area contributed by atoms with Gasteiger partial charge >= 0.3 is 0 Å². The Morgan fingerprint density at radius 1 is 1.13 bits per heavy atom. The number of piperidine rings is 1. The molecule has 0 radical (unpaired) electrons. The van der Waals surface area contributed by atoms with Crippen molar-refractivity contribution in [1.82, 2.24) is 9.80 Å². The van der Waals surface area contributed by atoms with Crippen LogP contribution in [0.3, 0.4) is 0 Å². The molecule has 4 aliphatic rings. The third kappa shape index (κ3) is 4.36. The van der Waals surface area contributed by atoms with Gasteiger partial charge in [0.1, 0.15) is 11.7 Å². The Hall–Kier alpha value is -3.78. The van der Waals surface area contributed by atoms with Gasteiger partial charge in [-0.2, -0.15) is 5.26 Å². The van der Waals surface area contributed by atoms with E-state index in [1.54, 1.807) is 12.1 Å². The van der Waals surface area contributed by atoms with Gasteiger partial charge in [-0.15, -0.1) is 0 Å². The van der Waals surface area contributed by atoms with Crippen LogP contribution in [0.4, 0.5) is 5.69 Å². The monoisotopic (exact) mass is 652 g/mol. The first-order chi connectivity index (χ1) is 22.0. The number of anilines is 1. The van der Waals surface area contributed by atoms with E-state index < -0.39 is 81.3 Å². The number of nitrogens with two attached hydrogens (primary N) is 4. The second-order valence-electron chi connectivity index (χ2n) is 13.8. The number of aliphatic hydroxyl groups is 1. The van der Waals surface area contributed by atoms with Crippen molar-refractivity contribution in [2.75, 3.05) is 45.7 Å². The average Bonchev–Trinajstić information content (AvgIpc) is 3.00. The zero-order valence-electron chi connectivity index (χ0n) is 27.1. The van der Waals surface area contributed by atoms with Crippen LogP contribution in [0.1, 0.15) is 54.6 Å². The van der Waals surface area contributed by atoms with Crippen molar-refractivity contribution in [3.8, 4) is 11.8 Å². The third-order valence-electron chi connectivity index (χ3n) is 11.1. The first kappa shape index (κ1) is 34.6. The van der Waals surface area contributed by atoms with Crippen LogP contribution in [-0.2, 0) is 19.2 Å². The summed E-state index contributed by atoms with van der Waals surface area (Å²) in [5.74, 6) is -11.4. The highest BCUT2D eigenvalue weighted by Crippen LogP contribution is 2.58. The molecule has 5 rings (SSSR count). The molecule has 1 saturated heterocycles. The molecule has 3 aliphatic carbocycles. The molecular weight excluding hydrogens is 608 g/mol. The minimum Gasteiger partial charge on any atom is -0.505 e. The third-order valence-corrected chi connectivity index (χ3v) is 11.1. The number of aliphatic hydroxyl groups excluding tert-OH is 1. The van der Waals surface area contributed by atoms with E-state index in [-0.39, 0.29) is 17.2 Å². The summed E-state index contributed by atoms with van der Waals surface area (Å²) >= 11 is 0. The molecule has 10 N–H and O–H groups in total. The van der Waals surface area contributed by atoms with Crippen molar-refractivity contribution in [2.24, 2.45) is 40.2 Å². The van der Waals surface area contributed by atoms with E-state index in [0.29, 0.717) is 12.2 Å². The van der Waals surface area contributed by atoms with Gasteiger partial charge in [0.15, 0.2) is 34.5 Å². The number of hydrogen-bond donors (Lipinski definition) is 6. The molecule has 8 atom stereocenters. The number of aromatic hydroxyl groups is 1. The van der Waals surface area contributed by atoms with Crippen molar-refractivity contribution >= 4 is 34.7 Å². The quantitative estimate of drug-likeness (QED) is 0.173. The zero-order valence-corrected chi connectivity index (χ0v) is 27.1. The fraction of sp³-hybridized carbons (Fsp3) is 0.625. The number of carbonyl (C=O) groups excluding carboxylic acids is 5. The maximum absolute atomic E-state index is 14.7. The number of benzene rings is 1. The number of nitriles is 1. The molecule has 2 saturated carbocycles. The van der Waals surface area contributed by atoms with E-state index in [1.807, 2.05) is 18.9 Å². The number of fused-ring (bicyclic) bond motifs is 3. The molecule has 15 nitrogen and oxygen atoms in total. The van der Waals surface area contributed by atoms with Gasteiger partial charge in [0.2, 0.25) is 5.91 Å². The molecular formula is C32H44N8O7. The molecule has 47 heavy (non-hydrogen) atoms.